The molecule has 0 bridgehead atoms. The van der Waals surface area contributed by atoms with Crippen LogP contribution in [0.1, 0.15) is 144 Å². The summed E-state index contributed by atoms with van der Waals surface area (Å²) in [6.45, 7) is 14.8. The Morgan fingerprint density at radius 2 is 0.954 bits per heavy atom. The average Bonchev–Trinajstić information content (AvgIpc) is 3.31. The lowest BCUT2D eigenvalue weighted by molar-refractivity contribution is -0.150. The summed E-state index contributed by atoms with van der Waals surface area (Å²) >= 11 is 0. The second-order valence-electron chi connectivity index (χ2n) is 18.6. The van der Waals surface area contributed by atoms with Crippen LogP contribution < -0.4 is 4.74 Å². The van der Waals surface area contributed by atoms with E-state index >= 15 is 0 Å². The molecule has 9 heteroatoms. The molecule has 0 unspecified atom stereocenters. The van der Waals surface area contributed by atoms with Gasteiger partial charge in [0.1, 0.15) is 11.5 Å². The minimum absolute atomic E-state index is 0. The first-order valence-corrected chi connectivity index (χ1v) is 24.5. The lowest BCUT2D eigenvalue weighted by Crippen LogP contribution is -2.36. The summed E-state index contributed by atoms with van der Waals surface area (Å²) in [7, 11) is 0. The monoisotopic (exact) mass is 897 g/mol. The number of phenols is 1. The maximum absolute atomic E-state index is 11.9. The van der Waals surface area contributed by atoms with Crippen LogP contribution in [0.15, 0.2) is 72.8 Å². The Kier molecular flexibility index (Phi) is 22.6. The number of nitrogens with zero attached hydrogens (tertiary/aromatic N) is 2. The van der Waals surface area contributed by atoms with Crippen molar-refractivity contribution in [3.8, 4) is 11.5 Å². The first-order chi connectivity index (χ1) is 30.6. The summed E-state index contributed by atoms with van der Waals surface area (Å²) in [6, 6.07) is 25.0. The molecule has 0 spiro atoms. The third-order valence-corrected chi connectivity index (χ3v) is 14.1. The molecule has 0 atom stereocenters. The van der Waals surface area contributed by atoms with Crippen molar-refractivity contribution < 1.29 is 34.0 Å². The van der Waals surface area contributed by atoms with E-state index in [1.807, 2.05) is 19.9 Å². The van der Waals surface area contributed by atoms with E-state index in [2.05, 4.69) is 78.2 Å². The van der Waals surface area contributed by atoms with Gasteiger partial charge in [-0.15, -0.1) is 0 Å². The second-order valence-corrected chi connectivity index (χ2v) is 18.6. The van der Waals surface area contributed by atoms with E-state index < -0.39 is 0 Å². The van der Waals surface area contributed by atoms with Gasteiger partial charge < -0.3 is 24.4 Å². The van der Waals surface area contributed by atoms with E-state index in [9.17, 15) is 14.7 Å². The van der Waals surface area contributed by atoms with E-state index in [1.54, 1.807) is 12.1 Å². The number of benzene rings is 4. The van der Waals surface area contributed by atoms with Gasteiger partial charge in [-0.3, -0.25) is 19.4 Å². The number of phenolic OH excluding ortho intramolecular Hbond substituents is 1. The summed E-state index contributed by atoms with van der Waals surface area (Å²) in [5.41, 5.74) is 2.59. The molecule has 2 saturated carbocycles. The molecule has 2 heterocycles. The first kappa shape index (κ1) is 53.4. The van der Waals surface area contributed by atoms with Crippen LogP contribution in [-0.4, -0.2) is 83.6 Å². The second kappa shape index (κ2) is 27.5. The highest BCUT2D eigenvalue weighted by atomic mass is 16.5. The van der Waals surface area contributed by atoms with E-state index in [1.165, 1.54) is 73.3 Å². The number of carbonyl (C=O) groups excluding carboxylic acids is 2. The number of ether oxygens (including phenoxy) is 3. The quantitative estimate of drug-likeness (QED) is 0.134. The van der Waals surface area contributed by atoms with E-state index in [0.29, 0.717) is 25.1 Å². The Balaban J connectivity index is 0.000000239. The fourth-order valence-electron chi connectivity index (χ4n) is 9.92. The van der Waals surface area contributed by atoms with Crippen molar-refractivity contribution >= 4 is 33.5 Å². The number of aliphatic hydroxyl groups excluding tert-OH is 1. The van der Waals surface area contributed by atoms with Crippen molar-refractivity contribution in [1.82, 2.24) is 9.80 Å². The Morgan fingerprint density at radius 1 is 0.538 bits per heavy atom. The molecule has 2 aliphatic heterocycles. The van der Waals surface area contributed by atoms with Crippen LogP contribution in [0.4, 0.5) is 0 Å². The van der Waals surface area contributed by atoms with Crippen molar-refractivity contribution in [2.24, 2.45) is 23.7 Å². The molecule has 2 saturated heterocycles. The number of rotatable bonds is 12. The summed E-state index contributed by atoms with van der Waals surface area (Å²) in [5.74, 6) is 3.17. The molecule has 8 rings (SSSR count). The van der Waals surface area contributed by atoms with Gasteiger partial charge in [0.15, 0.2) is 0 Å². The Bertz CT molecular complexity index is 2000. The third-order valence-electron chi connectivity index (χ3n) is 14.1. The fraction of sp³-hybridized carbons (Fsp3) is 0.607. The van der Waals surface area contributed by atoms with Gasteiger partial charge in [0.2, 0.25) is 0 Å². The Morgan fingerprint density at radius 3 is 1.42 bits per heavy atom. The van der Waals surface area contributed by atoms with Gasteiger partial charge in [0.05, 0.1) is 37.3 Å². The van der Waals surface area contributed by atoms with E-state index in [0.717, 1.165) is 106 Å². The summed E-state index contributed by atoms with van der Waals surface area (Å²) in [5, 5.41) is 23.3. The Labute approximate surface area is 392 Å². The van der Waals surface area contributed by atoms with E-state index in [4.69, 9.17) is 19.3 Å². The predicted octanol–water partition coefficient (Wildman–Crippen LogP) is 12.5. The zero-order chi connectivity index (χ0) is 44.6. The van der Waals surface area contributed by atoms with Crippen LogP contribution in [-0.2, 0) is 32.2 Å². The highest BCUT2D eigenvalue weighted by Gasteiger charge is 2.27. The number of aliphatic hydroxyl groups is 1. The van der Waals surface area contributed by atoms with Crippen LogP contribution in [0.25, 0.3) is 21.5 Å². The number of carbonyl (C=O) groups is 2. The maximum Gasteiger partial charge on any atom is 0.309 e. The topological polar surface area (TPSA) is 109 Å². The number of hydrogen-bond acceptors (Lipinski definition) is 9. The van der Waals surface area contributed by atoms with Gasteiger partial charge in [0, 0.05) is 13.1 Å². The third kappa shape index (κ3) is 16.6. The molecule has 360 valence electrons. The molecular weight excluding hydrogens is 813 g/mol. The molecule has 0 amide bonds. The maximum atomic E-state index is 11.9. The molecule has 4 aromatic carbocycles. The smallest absolute Gasteiger partial charge is 0.309 e. The molecule has 65 heavy (non-hydrogen) atoms. The molecule has 9 nitrogen and oxygen atoms in total. The molecule has 0 aromatic heterocycles. The zero-order valence-electron chi connectivity index (χ0n) is 38.8. The van der Waals surface area contributed by atoms with Crippen molar-refractivity contribution in [3.63, 3.8) is 0 Å². The SMILES string of the molecule is C.C.CCC1CCC(O)CC1.CCOC(=O)C1CCN(Cc2ccc3cc(O)ccc3c2)CC1.CCOC(=O)C1CCN(Cc2ccc3cc(OC4CCC(CC)CC4)ccc3c2)CC1. The highest BCUT2D eigenvalue weighted by molar-refractivity contribution is 5.85. The van der Waals surface area contributed by atoms with Crippen LogP contribution >= 0.6 is 0 Å². The first-order valence-electron chi connectivity index (χ1n) is 24.5. The minimum Gasteiger partial charge on any atom is -0.508 e. The van der Waals surface area contributed by atoms with Gasteiger partial charge in [-0.1, -0.05) is 77.9 Å². The Hall–Kier alpha value is -4.18. The molecule has 4 aliphatic rings. The standard InChI is InChI=1S/C27H37NO3.C19H23NO3.C8H16O.2CH4/c1-3-20-6-10-25(11-7-20)31-26-12-9-23-17-21(5-8-24(23)18-26)19-28-15-13-22(14-16-28)27(29)30-4-2;1-2-23-19(22)15-7-9-20(10-8-15)13-14-3-4-17-12-18(21)6-5-16(17)11-14;1-2-7-3-5-8(9)6-4-7;;/h5,8-9,12,17-18,20,22,25H,3-4,6-7,10-11,13-16,19H2,1-2H3;3-6,11-12,15,21H,2,7-10,13H2,1H3;7-9H,2-6H2,1H3;2*1H4. The number of likely N-dealkylation sites (tertiary alicyclic amines) is 2. The van der Waals surface area contributed by atoms with Crippen molar-refractivity contribution in [1.29, 1.82) is 0 Å². The summed E-state index contributed by atoms with van der Waals surface area (Å²) < 4.78 is 16.6. The number of esters is 2. The molecule has 4 fully saturated rings. The van der Waals surface area contributed by atoms with Crippen molar-refractivity contribution in [2.45, 2.75) is 158 Å². The minimum atomic E-state index is -0.0438. The zero-order valence-corrected chi connectivity index (χ0v) is 38.8. The van der Waals surface area contributed by atoms with Gasteiger partial charge in [-0.25, -0.2) is 0 Å². The normalized spacial score (nSPS) is 21.9. The largest absolute Gasteiger partial charge is 0.508 e. The average molecular weight is 897 g/mol. The summed E-state index contributed by atoms with van der Waals surface area (Å²) in [4.78, 5) is 28.5. The van der Waals surface area contributed by atoms with Gasteiger partial charge in [0.25, 0.3) is 0 Å². The number of hydrogen-bond donors (Lipinski definition) is 2. The van der Waals surface area contributed by atoms with Crippen molar-refractivity contribution in [2.75, 3.05) is 39.4 Å². The fourth-order valence-corrected chi connectivity index (χ4v) is 9.92. The summed E-state index contributed by atoms with van der Waals surface area (Å²) in [6.07, 6.45) is 16.1. The van der Waals surface area contributed by atoms with Crippen LogP contribution in [0, 0.1) is 23.7 Å². The van der Waals surface area contributed by atoms with Gasteiger partial charge >= 0.3 is 11.9 Å². The van der Waals surface area contributed by atoms with Crippen molar-refractivity contribution in [3.05, 3.63) is 83.9 Å². The van der Waals surface area contributed by atoms with Gasteiger partial charge in [-0.2, -0.15) is 0 Å². The number of aromatic hydroxyl groups is 1. The number of fused-ring (bicyclic) bond motifs is 2. The lowest BCUT2D eigenvalue weighted by Gasteiger charge is -2.30. The number of piperidine rings is 2. The highest BCUT2D eigenvalue weighted by Crippen LogP contribution is 2.32. The van der Waals surface area contributed by atoms with Crippen LogP contribution in [0.5, 0.6) is 11.5 Å². The lowest BCUT2D eigenvalue weighted by atomic mass is 9.86. The van der Waals surface area contributed by atoms with E-state index in [-0.39, 0.29) is 44.7 Å². The molecule has 2 N–H and O–H groups in total. The van der Waals surface area contributed by atoms with Gasteiger partial charge in [-0.05, 0) is 198 Å². The van der Waals surface area contributed by atoms with Crippen LogP contribution in [0.2, 0.25) is 0 Å². The predicted molar refractivity (Wildman–Crippen MR) is 267 cm³/mol. The molecule has 4 aromatic rings. The van der Waals surface area contributed by atoms with Crippen LogP contribution in [0.3, 0.4) is 0 Å². The molecule has 2 aliphatic carbocycles. The molecule has 0 radical (unpaired) electrons. The molecular formula is C56H84N2O7.